The molecular formula is C16H25ClN2S. The maximum absolute atomic E-state index is 6.50. The van der Waals surface area contributed by atoms with Crippen molar-refractivity contribution in [3.8, 4) is 0 Å². The summed E-state index contributed by atoms with van der Waals surface area (Å²) < 4.78 is 0. The van der Waals surface area contributed by atoms with E-state index in [0.29, 0.717) is 12.1 Å². The van der Waals surface area contributed by atoms with Crippen molar-refractivity contribution in [3.63, 3.8) is 0 Å². The van der Waals surface area contributed by atoms with Gasteiger partial charge in [0.25, 0.3) is 0 Å². The Bertz CT molecular complexity index is 438. The molecule has 2 atom stereocenters. The Morgan fingerprint density at radius 2 is 2.30 bits per heavy atom. The van der Waals surface area contributed by atoms with Crippen molar-refractivity contribution in [1.82, 2.24) is 5.32 Å². The summed E-state index contributed by atoms with van der Waals surface area (Å²) in [6, 6.07) is 7.43. The number of anilines is 1. The molecule has 2 nitrogen and oxygen atoms in total. The van der Waals surface area contributed by atoms with Crippen molar-refractivity contribution in [2.75, 3.05) is 29.5 Å². The first-order valence-electron chi connectivity index (χ1n) is 7.50. The number of thioether (sulfide) groups is 1. The fourth-order valence-corrected chi connectivity index (χ4v) is 3.98. The van der Waals surface area contributed by atoms with Gasteiger partial charge in [0.15, 0.2) is 0 Å². The maximum atomic E-state index is 6.50. The molecule has 0 amide bonds. The van der Waals surface area contributed by atoms with Gasteiger partial charge in [0, 0.05) is 40.8 Å². The Morgan fingerprint density at radius 3 is 2.95 bits per heavy atom. The lowest BCUT2D eigenvalue weighted by molar-refractivity contribution is 0.571. The molecule has 2 rings (SSSR count). The lowest BCUT2D eigenvalue weighted by atomic mass is 10.1. The van der Waals surface area contributed by atoms with E-state index in [2.05, 4.69) is 49.2 Å². The second-order valence-corrected chi connectivity index (χ2v) is 7.06. The van der Waals surface area contributed by atoms with Crippen LogP contribution >= 0.6 is 23.4 Å². The smallest absolute Gasteiger partial charge is 0.0474 e. The molecule has 20 heavy (non-hydrogen) atoms. The van der Waals surface area contributed by atoms with E-state index in [-0.39, 0.29) is 0 Å². The average Bonchev–Trinajstić information content (AvgIpc) is 2.45. The van der Waals surface area contributed by atoms with Crippen LogP contribution in [-0.4, -0.2) is 30.6 Å². The molecule has 2 unspecified atom stereocenters. The van der Waals surface area contributed by atoms with E-state index in [0.717, 1.165) is 24.5 Å². The van der Waals surface area contributed by atoms with Crippen LogP contribution < -0.4 is 10.2 Å². The van der Waals surface area contributed by atoms with Gasteiger partial charge in [-0.05, 0) is 44.5 Å². The first kappa shape index (κ1) is 16.0. The molecule has 1 saturated heterocycles. The lowest BCUT2D eigenvalue weighted by Gasteiger charge is -2.35. The van der Waals surface area contributed by atoms with Crippen LogP contribution in [0.5, 0.6) is 0 Å². The molecule has 1 fully saturated rings. The third-order valence-corrected chi connectivity index (χ3v) is 5.37. The Kier molecular flexibility index (Phi) is 6.06. The molecular weight excluding hydrogens is 288 g/mol. The minimum Gasteiger partial charge on any atom is -0.367 e. The number of rotatable bonds is 5. The van der Waals surface area contributed by atoms with Crippen LogP contribution in [0.3, 0.4) is 0 Å². The highest BCUT2D eigenvalue weighted by Gasteiger charge is 2.20. The van der Waals surface area contributed by atoms with Crippen LogP contribution in [0.4, 0.5) is 5.69 Å². The molecule has 1 aromatic rings. The van der Waals surface area contributed by atoms with Crippen molar-refractivity contribution in [1.29, 1.82) is 0 Å². The van der Waals surface area contributed by atoms with Gasteiger partial charge < -0.3 is 10.2 Å². The molecule has 0 aromatic heterocycles. The Labute approximate surface area is 132 Å². The molecule has 0 bridgehead atoms. The van der Waals surface area contributed by atoms with Crippen LogP contribution in [0.25, 0.3) is 0 Å². The fourth-order valence-electron chi connectivity index (χ4n) is 2.63. The number of nitrogens with one attached hydrogen (secondary N) is 1. The Morgan fingerprint density at radius 1 is 1.50 bits per heavy atom. The van der Waals surface area contributed by atoms with E-state index in [4.69, 9.17) is 11.6 Å². The summed E-state index contributed by atoms with van der Waals surface area (Å²) in [5.74, 6) is 2.41. The highest BCUT2D eigenvalue weighted by Crippen LogP contribution is 2.30. The molecule has 0 spiro atoms. The zero-order chi connectivity index (χ0) is 14.5. The molecule has 1 aliphatic rings. The van der Waals surface area contributed by atoms with Gasteiger partial charge in [-0.15, -0.1) is 0 Å². The topological polar surface area (TPSA) is 15.3 Å². The molecule has 112 valence electrons. The number of halogens is 1. The summed E-state index contributed by atoms with van der Waals surface area (Å²) in [4.78, 5) is 2.47. The van der Waals surface area contributed by atoms with Crippen LogP contribution in [0.1, 0.15) is 38.8 Å². The third-order valence-electron chi connectivity index (χ3n) is 3.85. The standard InChI is InChI=1S/C16H25ClN2S/c1-4-7-18-13(3)15-6-5-14(10-16(15)17)19-8-9-20-11-12(19)2/h5-6,10,12-13,18H,4,7-9,11H2,1-3H3. The predicted molar refractivity (Wildman–Crippen MR) is 92.3 cm³/mol. The molecule has 0 aliphatic carbocycles. The second kappa shape index (κ2) is 7.58. The summed E-state index contributed by atoms with van der Waals surface area (Å²) in [5.41, 5.74) is 2.46. The average molecular weight is 313 g/mol. The zero-order valence-electron chi connectivity index (χ0n) is 12.7. The van der Waals surface area contributed by atoms with Crippen molar-refractivity contribution in [3.05, 3.63) is 28.8 Å². The first-order chi connectivity index (χ1) is 9.63. The Hall–Kier alpha value is -0.380. The van der Waals surface area contributed by atoms with E-state index in [1.165, 1.54) is 22.8 Å². The molecule has 1 aromatic carbocycles. The minimum absolute atomic E-state index is 0.311. The van der Waals surface area contributed by atoms with E-state index in [1.807, 2.05) is 11.8 Å². The lowest BCUT2D eigenvalue weighted by Crippen LogP contribution is -2.40. The number of nitrogens with zero attached hydrogens (tertiary/aromatic N) is 1. The van der Waals surface area contributed by atoms with E-state index >= 15 is 0 Å². The minimum atomic E-state index is 0.311. The van der Waals surface area contributed by atoms with Crippen LogP contribution in [0.15, 0.2) is 18.2 Å². The maximum Gasteiger partial charge on any atom is 0.0474 e. The predicted octanol–water partition coefficient (Wildman–Crippen LogP) is 4.34. The fraction of sp³-hybridized carbons (Fsp3) is 0.625. The van der Waals surface area contributed by atoms with Crippen molar-refractivity contribution in [2.24, 2.45) is 0 Å². The van der Waals surface area contributed by atoms with Gasteiger partial charge in [0.1, 0.15) is 0 Å². The SMILES string of the molecule is CCCNC(C)c1ccc(N2CCSCC2C)cc1Cl. The summed E-state index contributed by atoms with van der Waals surface area (Å²) in [6.07, 6.45) is 1.14. The van der Waals surface area contributed by atoms with Gasteiger partial charge in [-0.25, -0.2) is 0 Å². The molecule has 1 aliphatic heterocycles. The summed E-state index contributed by atoms with van der Waals surface area (Å²) in [5, 5.41) is 4.37. The van der Waals surface area contributed by atoms with E-state index < -0.39 is 0 Å². The molecule has 1 heterocycles. The Balaban J connectivity index is 2.12. The van der Waals surface area contributed by atoms with Crippen LogP contribution in [-0.2, 0) is 0 Å². The first-order valence-corrected chi connectivity index (χ1v) is 9.04. The van der Waals surface area contributed by atoms with Gasteiger partial charge in [-0.1, -0.05) is 24.6 Å². The molecule has 1 N–H and O–H groups in total. The van der Waals surface area contributed by atoms with Crippen molar-refractivity contribution in [2.45, 2.75) is 39.3 Å². The normalized spacial score (nSPS) is 21.0. The number of hydrogen-bond acceptors (Lipinski definition) is 3. The monoisotopic (exact) mass is 312 g/mol. The summed E-state index contributed by atoms with van der Waals surface area (Å²) in [6.45, 7) is 8.79. The molecule has 0 radical (unpaired) electrons. The molecule has 0 saturated carbocycles. The van der Waals surface area contributed by atoms with E-state index in [1.54, 1.807) is 0 Å². The zero-order valence-corrected chi connectivity index (χ0v) is 14.2. The number of benzene rings is 1. The van der Waals surface area contributed by atoms with Gasteiger partial charge in [0.2, 0.25) is 0 Å². The van der Waals surface area contributed by atoms with Crippen LogP contribution in [0.2, 0.25) is 5.02 Å². The third kappa shape index (κ3) is 3.84. The highest BCUT2D eigenvalue weighted by molar-refractivity contribution is 7.99. The van der Waals surface area contributed by atoms with Crippen LogP contribution in [0, 0.1) is 0 Å². The van der Waals surface area contributed by atoms with Crippen molar-refractivity contribution < 1.29 is 0 Å². The molecule has 4 heteroatoms. The van der Waals surface area contributed by atoms with Gasteiger partial charge in [0.05, 0.1) is 0 Å². The van der Waals surface area contributed by atoms with Crippen molar-refractivity contribution >= 4 is 29.1 Å². The largest absolute Gasteiger partial charge is 0.367 e. The van der Waals surface area contributed by atoms with Gasteiger partial charge in [-0.3, -0.25) is 0 Å². The summed E-state index contributed by atoms with van der Waals surface area (Å²) in [7, 11) is 0. The number of hydrogen-bond donors (Lipinski definition) is 1. The second-order valence-electron chi connectivity index (χ2n) is 5.50. The highest BCUT2D eigenvalue weighted by atomic mass is 35.5. The summed E-state index contributed by atoms with van der Waals surface area (Å²) >= 11 is 8.54. The van der Waals surface area contributed by atoms with Gasteiger partial charge in [-0.2, -0.15) is 11.8 Å². The quantitative estimate of drug-likeness (QED) is 0.870. The van der Waals surface area contributed by atoms with E-state index in [9.17, 15) is 0 Å². The van der Waals surface area contributed by atoms with Gasteiger partial charge >= 0.3 is 0 Å².